The number of ketones is 1. The first-order valence-corrected chi connectivity index (χ1v) is 15.5. The van der Waals surface area contributed by atoms with Crippen molar-refractivity contribution in [3.8, 4) is 22.9 Å². The summed E-state index contributed by atoms with van der Waals surface area (Å²) in [4.78, 5) is 14.2. The summed E-state index contributed by atoms with van der Waals surface area (Å²) in [5.41, 5.74) is 3.40. The molecule has 6 aromatic rings. The van der Waals surface area contributed by atoms with E-state index in [2.05, 4.69) is 52.5 Å². The van der Waals surface area contributed by atoms with Gasteiger partial charge >= 0.3 is 0 Å². The van der Waals surface area contributed by atoms with Crippen molar-refractivity contribution in [2.75, 3.05) is 0 Å². The molecule has 9 nitrogen and oxygen atoms in total. The molecule has 0 radical (unpaired) electrons. The molecular formula is C31H22Br2N6O3S. The topological polar surface area (TPSA) is 97.0 Å². The van der Waals surface area contributed by atoms with Crippen LogP contribution in [0.2, 0.25) is 0 Å². The molecule has 6 rings (SSSR count). The number of allylic oxidation sites excluding steroid dienone is 1. The third kappa shape index (κ3) is 7.34. The Bertz CT molecular complexity index is 1870. The number of hydrogen-bond acceptors (Lipinski definition) is 8. The quantitative estimate of drug-likeness (QED) is 0.101. The minimum atomic E-state index is -0.189. The van der Waals surface area contributed by atoms with E-state index in [4.69, 9.17) is 9.47 Å². The van der Waals surface area contributed by atoms with Crippen LogP contribution in [0.1, 0.15) is 26.6 Å². The lowest BCUT2D eigenvalue weighted by molar-refractivity contribution is 0.104. The van der Waals surface area contributed by atoms with Gasteiger partial charge in [0.05, 0.1) is 29.3 Å². The highest BCUT2D eigenvalue weighted by Gasteiger charge is 2.14. The molecule has 0 N–H and O–H groups in total. The third-order valence-corrected chi connectivity index (χ3v) is 8.08. The summed E-state index contributed by atoms with van der Waals surface area (Å²) in [6.07, 6.45) is 6.93. The molecule has 0 saturated heterocycles. The molecule has 3 heterocycles. The molecular weight excluding hydrogens is 696 g/mol. The Morgan fingerprint density at radius 3 is 1.98 bits per heavy atom. The molecule has 0 fully saturated rings. The van der Waals surface area contributed by atoms with Crippen molar-refractivity contribution in [1.29, 1.82) is 0 Å². The van der Waals surface area contributed by atoms with Crippen LogP contribution in [0.15, 0.2) is 112 Å². The Balaban J connectivity index is 1.18. The molecule has 214 valence electrons. The number of halogens is 2. The Morgan fingerprint density at radius 1 is 0.791 bits per heavy atom. The fourth-order valence-electron chi connectivity index (χ4n) is 4.03. The molecule has 0 unspecified atom stereocenters. The van der Waals surface area contributed by atoms with Gasteiger partial charge in [-0.15, -0.1) is 21.5 Å². The lowest BCUT2D eigenvalue weighted by Crippen LogP contribution is -2.04. The summed E-state index contributed by atoms with van der Waals surface area (Å²) in [5.74, 6) is 0.700. The van der Waals surface area contributed by atoms with E-state index in [0.717, 1.165) is 25.2 Å². The van der Waals surface area contributed by atoms with Gasteiger partial charge in [0.1, 0.15) is 36.1 Å². The van der Waals surface area contributed by atoms with Crippen LogP contribution in [-0.4, -0.2) is 35.8 Å². The molecule has 0 atom stereocenters. The van der Waals surface area contributed by atoms with Gasteiger partial charge in [0.2, 0.25) is 0 Å². The summed E-state index contributed by atoms with van der Waals surface area (Å²) in [6.45, 7) is 0.291. The highest BCUT2D eigenvalue weighted by atomic mass is 79.9. The second-order valence-electron chi connectivity index (χ2n) is 9.21. The number of ether oxygens (including phenoxy) is 2. The maximum Gasteiger partial charge on any atom is 0.189 e. The van der Waals surface area contributed by atoms with Gasteiger partial charge in [-0.1, -0.05) is 48.4 Å². The number of rotatable bonds is 11. The number of nitrogens with zero attached hydrogens (tertiary/aromatic N) is 6. The first-order chi connectivity index (χ1) is 21.0. The second kappa shape index (κ2) is 13.3. The first kappa shape index (κ1) is 28.7. The van der Waals surface area contributed by atoms with Gasteiger partial charge in [0.25, 0.3) is 0 Å². The van der Waals surface area contributed by atoms with Gasteiger partial charge in [-0.2, -0.15) is 0 Å². The second-order valence-corrected chi connectivity index (χ2v) is 12.0. The van der Waals surface area contributed by atoms with Crippen LogP contribution in [0.4, 0.5) is 0 Å². The van der Waals surface area contributed by atoms with Crippen LogP contribution in [0.25, 0.3) is 17.5 Å². The molecule has 12 heteroatoms. The van der Waals surface area contributed by atoms with E-state index in [1.54, 1.807) is 57.2 Å². The molecule has 0 bridgehead atoms. The van der Waals surface area contributed by atoms with Crippen LogP contribution in [0.5, 0.6) is 11.5 Å². The zero-order chi connectivity index (χ0) is 29.6. The molecule has 0 aliphatic heterocycles. The average molecular weight is 718 g/mol. The molecule has 0 amide bonds. The standard InChI is InChI=1S/C31H22Br2N6O3S/c32-21-3-7-25(8-4-21)38-17-23(34-36-38)19-41-27-11-13-29(30(40)14-12-28-2-1-15-43-28)31(16-27)42-20-24-18-39(37-35-24)26-9-5-22(33)6-10-26/h1-18H,19-20H2/b14-12+. The number of carbonyl (C=O) groups is 1. The fraction of sp³-hybridized carbons (Fsp3) is 0.0645. The lowest BCUT2D eigenvalue weighted by atomic mass is 10.1. The van der Waals surface area contributed by atoms with Crippen LogP contribution >= 0.6 is 43.2 Å². The minimum absolute atomic E-state index is 0.108. The first-order valence-electron chi connectivity index (χ1n) is 13.0. The van der Waals surface area contributed by atoms with Crippen LogP contribution in [0, 0.1) is 0 Å². The zero-order valence-corrected chi connectivity index (χ0v) is 26.4. The molecule has 0 spiro atoms. The summed E-state index contributed by atoms with van der Waals surface area (Å²) in [7, 11) is 0. The van der Waals surface area contributed by atoms with Gasteiger partial charge in [0, 0.05) is 19.9 Å². The van der Waals surface area contributed by atoms with E-state index in [1.807, 2.05) is 72.2 Å². The van der Waals surface area contributed by atoms with Crippen molar-refractivity contribution in [3.63, 3.8) is 0 Å². The molecule has 0 aliphatic carbocycles. The zero-order valence-electron chi connectivity index (χ0n) is 22.4. The van der Waals surface area contributed by atoms with Crippen molar-refractivity contribution < 1.29 is 14.3 Å². The van der Waals surface area contributed by atoms with Crippen LogP contribution < -0.4 is 9.47 Å². The maximum atomic E-state index is 13.2. The summed E-state index contributed by atoms with van der Waals surface area (Å²) < 4.78 is 17.4. The van der Waals surface area contributed by atoms with Gasteiger partial charge in [-0.05, 0) is 84.3 Å². The predicted octanol–water partition coefficient (Wildman–Crippen LogP) is 7.49. The highest BCUT2D eigenvalue weighted by molar-refractivity contribution is 9.10. The van der Waals surface area contributed by atoms with Crippen molar-refractivity contribution in [2.45, 2.75) is 13.2 Å². The van der Waals surface area contributed by atoms with E-state index in [9.17, 15) is 4.79 Å². The van der Waals surface area contributed by atoms with E-state index < -0.39 is 0 Å². The average Bonchev–Trinajstić information content (AvgIpc) is 3.81. The van der Waals surface area contributed by atoms with Crippen molar-refractivity contribution in [3.05, 3.63) is 133 Å². The summed E-state index contributed by atoms with van der Waals surface area (Å²) in [5, 5.41) is 18.8. The lowest BCUT2D eigenvalue weighted by Gasteiger charge is -2.11. The maximum absolute atomic E-state index is 13.2. The van der Waals surface area contributed by atoms with Crippen LogP contribution in [-0.2, 0) is 13.2 Å². The van der Waals surface area contributed by atoms with Crippen molar-refractivity contribution >= 4 is 55.1 Å². The van der Waals surface area contributed by atoms with E-state index in [-0.39, 0.29) is 19.0 Å². The molecule has 3 aromatic carbocycles. The third-order valence-electron chi connectivity index (χ3n) is 6.19. The van der Waals surface area contributed by atoms with Crippen molar-refractivity contribution in [1.82, 2.24) is 30.0 Å². The van der Waals surface area contributed by atoms with Gasteiger partial charge in [-0.25, -0.2) is 9.36 Å². The van der Waals surface area contributed by atoms with Gasteiger partial charge in [-0.3, -0.25) is 4.79 Å². The van der Waals surface area contributed by atoms with Crippen LogP contribution in [0.3, 0.4) is 0 Å². The highest BCUT2D eigenvalue weighted by Crippen LogP contribution is 2.28. The Kier molecular flexibility index (Phi) is 8.87. The number of hydrogen-bond donors (Lipinski definition) is 0. The number of benzene rings is 3. The Labute approximate surface area is 267 Å². The van der Waals surface area contributed by atoms with E-state index in [0.29, 0.717) is 28.5 Å². The fourth-order valence-corrected chi connectivity index (χ4v) is 5.17. The number of carbonyl (C=O) groups excluding carboxylic acids is 1. The molecule has 0 aliphatic rings. The van der Waals surface area contributed by atoms with Crippen molar-refractivity contribution in [2.24, 2.45) is 0 Å². The Hall–Kier alpha value is -4.39. The monoisotopic (exact) mass is 716 g/mol. The number of aromatic nitrogens is 6. The van der Waals surface area contributed by atoms with Gasteiger partial charge < -0.3 is 9.47 Å². The summed E-state index contributed by atoms with van der Waals surface area (Å²) >= 11 is 8.44. The number of thiophene rings is 1. The summed E-state index contributed by atoms with van der Waals surface area (Å²) in [6, 6.07) is 24.5. The largest absolute Gasteiger partial charge is 0.487 e. The smallest absolute Gasteiger partial charge is 0.189 e. The molecule has 3 aromatic heterocycles. The van der Waals surface area contributed by atoms with E-state index >= 15 is 0 Å². The molecule has 43 heavy (non-hydrogen) atoms. The van der Waals surface area contributed by atoms with Gasteiger partial charge in [0.15, 0.2) is 5.78 Å². The van der Waals surface area contributed by atoms with E-state index in [1.165, 1.54) is 0 Å². The molecule has 0 saturated carbocycles. The minimum Gasteiger partial charge on any atom is -0.487 e. The SMILES string of the molecule is O=C(/C=C/c1cccs1)c1ccc(OCc2cn(-c3ccc(Br)cc3)nn2)cc1OCc1cn(-c2ccc(Br)cc2)nn1. The predicted molar refractivity (Wildman–Crippen MR) is 171 cm³/mol. The normalized spacial score (nSPS) is 11.2. The Morgan fingerprint density at radius 2 is 1.40 bits per heavy atom.